The summed E-state index contributed by atoms with van der Waals surface area (Å²) >= 11 is 0. The van der Waals surface area contributed by atoms with Gasteiger partial charge in [0, 0.05) is 12.1 Å². The number of aliphatic hydroxyl groups excluding tert-OH is 1. The third-order valence-electron chi connectivity index (χ3n) is 1.19. The minimum absolute atomic E-state index is 0.216. The number of hydrogen-bond acceptors (Lipinski definition) is 2. The van der Waals surface area contributed by atoms with Gasteiger partial charge in [-0.3, -0.25) is 0 Å². The predicted molar refractivity (Wildman–Crippen MR) is 43.5 cm³/mol. The molecule has 0 fully saturated rings. The maximum atomic E-state index is 8.77. The Morgan fingerprint density at radius 2 is 2.00 bits per heavy atom. The second-order valence-corrected chi connectivity index (χ2v) is 2.74. The molecule has 0 aliphatic rings. The van der Waals surface area contributed by atoms with Gasteiger partial charge in [0.1, 0.15) is 0 Å². The lowest BCUT2D eigenvalue weighted by molar-refractivity contribution is 0.359. The summed E-state index contributed by atoms with van der Waals surface area (Å²) in [6, 6.07) is 0. The fourth-order valence-corrected chi connectivity index (χ4v) is 0.922. The molecule has 58 valence electrons. The van der Waals surface area contributed by atoms with E-state index in [2.05, 4.69) is 13.2 Å². The van der Waals surface area contributed by atoms with Crippen LogP contribution in [0.2, 0.25) is 0 Å². The molecule has 2 heteroatoms. The van der Waals surface area contributed by atoms with Gasteiger partial charge < -0.3 is 10.8 Å². The van der Waals surface area contributed by atoms with Crippen LogP contribution in [0.3, 0.4) is 0 Å². The Bertz CT molecular complexity index is 124. The summed E-state index contributed by atoms with van der Waals surface area (Å²) in [6.45, 7) is 8.96. The predicted octanol–water partition coefficient (Wildman–Crippen LogP) is 1.95. The average Bonchev–Trinajstić information content (AvgIpc) is 1.58. The minimum Gasteiger partial charge on any atom is -0.513 e. The smallest absolute Gasteiger partial charge is 0.0853 e. The zero-order valence-electron chi connectivity index (χ0n) is 6.43. The van der Waals surface area contributed by atoms with Gasteiger partial charge in [-0.1, -0.05) is 20.1 Å². The van der Waals surface area contributed by atoms with E-state index >= 15 is 0 Å². The topological polar surface area (TPSA) is 46.2 Å². The second kappa shape index (κ2) is 3.99. The molecule has 0 bridgehead atoms. The van der Waals surface area contributed by atoms with Crippen molar-refractivity contribution in [1.82, 2.24) is 0 Å². The first kappa shape index (κ1) is 9.08. The van der Waals surface area contributed by atoms with Crippen molar-refractivity contribution < 1.29 is 5.11 Å². The van der Waals surface area contributed by atoms with E-state index in [-0.39, 0.29) is 5.76 Å². The lowest BCUT2D eigenvalue weighted by Crippen LogP contribution is -2.03. The van der Waals surface area contributed by atoms with Crippen molar-refractivity contribution in [3.8, 4) is 0 Å². The fourth-order valence-electron chi connectivity index (χ4n) is 0.922. The molecule has 10 heavy (non-hydrogen) atoms. The number of allylic oxidation sites excluding steroid dienone is 2. The molecule has 0 amide bonds. The number of hydrogen-bond donors (Lipinski definition) is 2. The summed E-state index contributed by atoms with van der Waals surface area (Å²) in [6.07, 6.45) is 1.36. The third kappa shape index (κ3) is 5.22. The first-order valence-electron chi connectivity index (χ1n) is 3.32. The third-order valence-corrected chi connectivity index (χ3v) is 1.19. The van der Waals surface area contributed by atoms with Crippen LogP contribution in [-0.2, 0) is 0 Å². The number of aliphatic hydroxyl groups is 1. The molecule has 0 unspecified atom stereocenters. The van der Waals surface area contributed by atoms with Crippen LogP contribution in [0.25, 0.3) is 0 Å². The zero-order valence-corrected chi connectivity index (χ0v) is 6.43. The molecule has 0 spiro atoms. The van der Waals surface area contributed by atoms with Crippen molar-refractivity contribution in [2.24, 2.45) is 11.7 Å². The van der Waals surface area contributed by atoms with Crippen LogP contribution in [-0.4, -0.2) is 5.11 Å². The van der Waals surface area contributed by atoms with Crippen molar-refractivity contribution in [3.05, 3.63) is 24.6 Å². The molecule has 0 saturated heterocycles. The van der Waals surface area contributed by atoms with Crippen LogP contribution < -0.4 is 5.73 Å². The van der Waals surface area contributed by atoms with Crippen molar-refractivity contribution in [2.45, 2.75) is 19.8 Å². The van der Waals surface area contributed by atoms with Gasteiger partial charge in [-0.05, 0) is 12.3 Å². The Morgan fingerprint density at radius 1 is 1.50 bits per heavy atom. The molecule has 0 aliphatic heterocycles. The van der Waals surface area contributed by atoms with E-state index in [1.165, 1.54) is 0 Å². The molecule has 0 radical (unpaired) electrons. The van der Waals surface area contributed by atoms with Crippen LogP contribution in [0.15, 0.2) is 24.6 Å². The van der Waals surface area contributed by atoms with Gasteiger partial charge in [-0.2, -0.15) is 0 Å². The molecule has 0 heterocycles. The second-order valence-electron chi connectivity index (χ2n) is 2.74. The Hall–Kier alpha value is -0.920. The highest BCUT2D eigenvalue weighted by molar-refractivity contribution is 4.91. The summed E-state index contributed by atoms with van der Waals surface area (Å²) in [4.78, 5) is 0. The average molecular weight is 141 g/mol. The highest BCUT2D eigenvalue weighted by atomic mass is 16.3. The van der Waals surface area contributed by atoms with Gasteiger partial charge in [0.05, 0.1) is 5.76 Å². The molecule has 0 aromatic carbocycles. The molecular weight excluding hydrogens is 126 g/mol. The van der Waals surface area contributed by atoms with E-state index in [0.717, 1.165) is 6.42 Å². The Morgan fingerprint density at radius 3 is 2.30 bits per heavy atom. The van der Waals surface area contributed by atoms with Gasteiger partial charge in [0.15, 0.2) is 0 Å². The lowest BCUT2D eigenvalue weighted by atomic mass is 10.0. The van der Waals surface area contributed by atoms with Crippen LogP contribution in [0.5, 0.6) is 0 Å². The quantitative estimate of drug-likeness (QED) is 0.588. The summed E-state index contributed by atoms with van der Waals surface area (Å²) in [5.41, 5.74) is 6.02. The molecular formula is C8H15NO. The first-order chi connectivity index (χ1) is 4.52. The molecule has 2 nitrogen and oxygen atoms in total. The van der Waals surface area contributed by atoms with Crippen molar-refractivity contribution in [1.29, 1.82) is 0 Å². The Labute approximate surface area is 62.0 Å². The van der Waals surface area contributed by atoms with E-state index in [0.29, 0.717) is 18.0 Å². The van der Waals surface area contributed by atoms with E-state index in [1.54, 1.807) is 0 Å². The summed E-state index contributed by atoms with van der Waals surface area (Å²) in [7, 11) is 0. The SMILES string of the molecule is C=C(N)C[C@H](C)CC(=C)O. The van der Waals surface area contributed by atoms with Gasteiger partial charge in [-0.25, -0.2) is 0 Å². The van der Waals surface area contributed by atoms with Gasteiger partial charge in [0.2, 0.25) is 0 Å². The molecule has 0 aromatic rings. The van der Waals surface area contributed by atoms with Crippen LogP contribution in [0.1, 0.15) is 19.8 Å². The van der Waals surface area contributed by atoms with Crippen LogP contribution in [0, 0.1) is 5.92 Å². The molecule has 3 N–H and O–H groups in total. The maximum absolute atomic E-state index is 8.77. The van der Waals surface area contributed by atoms with Crippen LogP contribution >= 0.6 is 0 Å². The van der Waals surface area contributed by atoms with E-state index < -0.39 is 0 Å². The highest BCUT2D eigenvalue weighted by Crippen LogP contribution is 2.13. The fraction of sp³-hybridized carbons (Fsp3) is 0.500. The van der Waals surface area contributed by atoms with E-state index in [4.69, 9.17) is 10.8 Å². The molecule has 0 saturated carbocycles. The minimum atomic E-state index is 0.216. The van der Waals surface area contributed by atoms with E-state index in [9.17, 15) is 0 Å². The Kier molecular flexibility index (Phi) is 3.62. The van der Waals surface area contributed by atoms with Gasteiger partial charge in [0.25, 0.3) is 0 Å². The van der Waals surface area contributed by atoms with E-state index in [1.807, 2.05) is 6.92 Å². The molecule has 0 rings (SSSR count). The largest absolute Gasteiger partial charge is 0.513 e. The lowest BCUT2D eigenvalue weighted by Gasteiger charge is -2.08. The summed E-state index contributed by atoms with van der Waals surface area (Å²) in [5, 5.41) is 8.77. The summed E-state index contributed by atoms with van der Waals surface area (Å²) < 4.78 is 0. The number of rotatable bonds is 4. The molecule has 1 atom stereocenters. The Balaban J connectivity index is 3.53. The zero-order chi connectivity index (χ0) is 8.15. The van der Waals surface area contributed by atoms with Crippen molar-refractivity contribution >= 4 is 0 Å². The van der Waals surface area contributed by atoms with Gasteiger partial charge >= 0.3 is 0 Å². The van der Waals surface area contributed by atoms with Crippen molar-refractivity contribution in [2.75, 3.05) is 0 Å². The molecule has 0 aromatic heterocycles. The first-order valence-corrected chi connectivity index (χ1v) is 3.32. The highest BCUT2D eigenvalue weighted by Gasteiger charge is 2.03. The monoisotopic (exact) mass is 141 g/mol. The van der Waals surface area contributed by atoms with Gasteiger partial charge in [-0.15, -0.1) is 0 Å². The normalized spacial score (nSPS) is 12.5. The van der Waals surface area contributed by atoms with Crippen molar-refractivity contribution in [3.63, 3.8) is 0 Å². The standard InChI is InChI=1S/C8H15NO/c1-6(4-7(2)9)5-8(3)10/h6,10H,2-5,9H2,1H3/t6-/m0/s1. The van der Waals surface area contributed by atoms with Crippen LogP contribution in [0.4, 0.5) is 0 Å². The number of nitrogens with two attached hydrogens (primary N) is 1. The summed E-state index contributed by atoms with van der Waals surface area (Å²) in [5.74, 6) is 0.559. The maximum Gasteiger partial charge on any atom is 0.0853 e. The molecule has 0 aliphatic carbocycles.